The molecule has 0 atom stereocenters. The summed E-state index contributed by atoms with van der Waals surface area (Å²) in [5.74, 6) is 0. The quantitative estimate of drug-likeness (QED) is 0.371. The summed E-state index contributed by atoms with van der Waals surface area (Å²) in [6.45, 7) is 14.4. The van der Waals surface area contributed by atoms with Crippen molar-refractivity contribution < 1.29 is 0 Å². The number of hydrogen-bond acceptors (Lipinski definition) is 0. The number of hydrogen-bond donors (Lipinski definition) is 0. The molecule has 146 valence electrons. The van der Waals surface area contributed by atoms with E-state index in [9.17, 15) is 0 Å². The van der Waals surface area contributed by atoms with Crippen LogP contribution < -0.4 is 29.0 Å². The Balaban J connectivity index is 2.35. The Labute approximate surface area is 179 Å². The molecule has 0 heterocycles. The summed E-state index contributed by atoms with van der Waals surface area (Å²) in [5, 5.41) is 4.78. The fraction of sp³-hybridized carbons (Fsp3) is 0.250. The molecule has 4 heteroatoms. The Morgan fingerprint density at radius 2 is 0.679 bits per heavy atom. The first-order valence-electron chi connectivity index (χ1n) is 9.51. The van der Waals surface area contributed by atoms with Gasteiger partial charge in [0.2, 0.25) is 0 Å². The normalized spacial score (nSPS) is 11.8. The SMILES string of the molecule is CP(C)c1ccccc1[As](c1ccccc1P(C)C)c1ccccc1P(C)C. The Hall–Kier alpha value is -0.492. The minimum absolute atomic E-state index is 0.132. The monoisotopic (exact) mass is 486 g/mol. The van der Waals surface area contributed by atoms with Gasteiger partial charge in [0.15, 0.2) is 0 Å². The molecule has 0 amide bonds. The Morgan fingerprint density at radius 1 is 0.429 bits per heavy atom. The van der Waals surface area contributed by atoms with Crippen molar-refractivity contribution >= 4 is 67.4 Å². The van der Waals surface area contributed by atoms with E-state index in [0.717, 1.165) is 0 Å². The van der Waals surface area contributed by atoms with E-state index in [1.165, 1.54) is 0 Å². The molecule has 0 aromatic heterocycles. The molecule has 0 saturated carbocycles. The van der Waals surface area contributed by atoms with E-state index in [0.29, 0.717) is 0 Å². The van der Waals surface area contributed by atoms with Gasteiger partial charge in [-0.05, 0) is 0 Å². The molecule has 0 aliphatic carbocycles. The van der Waals surface area contributed by atoms with Gasteiger partial charge in [0.05, 0.1) is 0 Å². The zero-order valence-electron chi connectivity index (χ0n) is 17.7. The molecule has 0 aliphatic rings. The predicted molar refractivity (Wildman–Crippen MR) is 139 cm³/mol. The van der Waals surface area contributed by atoms with Crippen LogP contribution in [0.25, 0.3) is 0 Å². The van der Waals surface area contributed by atoms with Crippen molar-refractivity contribution in [3.63, 3.8) is 0 Å². The molecular formula is C24H30AsP3. The molecule has 0 fully saturated rings. The van der Waals surface area contributed by atoms with Gasteiger partial charge < -0.3 is 0 Å². The van der Waals surface area contributed by atoms with Gasteiger partial charge in [-0.15, -0.1) is 0 Å². The molecule has 0 saturated heterocycles. The van der Waals surface area contributed by atoms with Gasteiger partial charge in [-0.3, -0.25) is 0 Å². The van der Waals surface area contributed by atoms with Crippen LogP contribution in [0.3, 0.4) is 0 Å². The van der Waals surface area contributed by atoms with Crippen LogP contribution in [0, 0.1) is 0 Å². The van der Waals surface area contributed by atoms with Crippen LogP contribution in [0.5, 0.6) is 0 Å². The standard InChI is InChI=1S/C24H30AsP3/c1-26(2)22-16-10-7-13-19(22)25(20-14-8-11-17-23(20)27(3)4)21-15-9-12-18-24(21)28(5)6/h7-18H,1-6H3. The summed E-state index contributed by atoms with van der Waals surface area (Å²) in [6, 6.07) is 27.9. The number of benzene rings is 3. The van der Waals surface area contributed by atoms with E-state index in [4.69, 9.17) is 0 Å². The minimum atomic E-state index is -1.64. The molecule has 28 heavy (non-hydrogen) atoms. The van der Waals surface area contributed by atoms with Crippen molar-refractivity contribution in [2.45, 2.75) is 0 Å². The zero-order chi connectivity index (χ0) is 20.3. The van der Waals surface area contributed by atoms with Crippen molar-refractivity contribution in [1.82, 2.24) is 0 Å². The van der Waals surface area contributed by atoms with E-state index >= 15 is 0 Å². The van der Waals surface area contributed by atoms with Gasteiger partial charge in [-0.25, -0.2) is 0 Å². The molecule has 0 nitrogen and oxygen atoms in total. The van der Waals surface area contributed by atoms with E-state index in [2.05, 4.69) is 113 Å². The summed E-state index contributed by atoms with van der Waals surface area (Å²) >= 11 is -1.64. The molecule has 0 bridgehead atoms. The van der Waals surface area contributed by atoms with E-state index in [-0.39, 0.29) is 23.8 Å². The molecule has 0 unspecified atom stereocenters. The molecule has 0 N–H and O–H groups in total. The summed E-state index contributed by atoms with van der Waals surface area (Å²) in [6.07, 6.45) is 0. The summed E-state index contributed by atoms with van der Waals surface area (Å²) in [7, 11) is -0.397. The van der Waals surface area contributed by atoms with Gasteiger partial charge >= 0.3 is 180 Å². The van der Waals surface area contributed by atoms with Gasteiger partial charge in [-0.1, -0.05) is 0 Å². The van der Waals surface area contributed by atoms with Crippen LogP contribution >= 0.6 is 23.8 Å². The maximum atomic E-state index is 2.44. The topological polar surface area (TPSA) is 0 Å². The Bertz CT molecular complexity index is 812. The second kappa shape index (κ2) is 10.0. The molecule has 3 rings (SSSR count). The van der Waals surface area contributed by atoms with Crippen LogP contribution in [-0.4, -0.2) is 54.6 Å². The first-order valence-corrected chi connectivity index (χ1v) is 19.0. The fourth-order valence-corrected chi connectivity index (χ4v) is 16.6. The summed E-state index contributed by atoms with van der Waals surface area (Å²) in [5.41, 5.74) is 0. The van der Waals surface area contributed by atoms with Crippen LogP contribution in [-0.2, 0) is 0 Å². The van der Waals surface area contributed by atoms with Gasteiger partial charge in [0, 0.05) is 0 Å². The first-order chi connectivity index (χ1) is 13.4. The van der Waals surface area contributed by atoms with Gasteiger partial charge in [-0.2, -0.15) is 0 Å². The average molecular weight is 486 g/mol. The van der Waals surface area contributed by atoms with Crippen molar-refractivity contribution in [3.8, 4) is 0 Å². The van der Waals surface area contributed by atoms with E-state index in [1.807, 2.05) is 0 Å². The van der Waals surface area contributed by atoms with Crippen molar-refractivity contribution in [3.05, 3.63) is 72.8 Å². The summed E-state index contributed by atoms with van der Waals surface area (Å²) in [4.78, 5) is 0. The maximum absolute atomic E-state index is 2.44. The summed E-state index contributed by atoms with van der Waals surface area (Å²) < 4.78 is 4.92. The molecule has 0 spiro atoms. The van der Waals surface area contributed by atoms with E-state index in [1.54, 1.807) is 29.0 Å². The van der Waals surface area contributed by atoms with Crippen LogP contribution in [0.4, 0.5) is 0 Å². The van der Waals surface area contributed by atoms with Gasteiger partial charge in [0.25, 0.3) is 0 Å². The van der Waals surface area contributed by atoms with Crippen molar-refractivity contribution in [2.24, 2.45) is 0 Å². The van der Waals surface area contributed by atoms with Crippen molar-refractivity contribution in [1.29, 1.82) is 0 Å². The van der Waals surface area contributed by atoms with E-state index < -0.39 is 14.7 Å². The molecular weight excluding hydrogens is 456 g/mol. The molecule has 3 aromatic carbocycles. The number of rotatable bonds is 6. The third kappa shape index (κ3) is 4.80. The van der Waals surface area contributed by atoms with Crippen LogP contribution in [0.2, 0.25) is 0 Å². The average Bonchev–Trinajstić information content (AvgIpc) is 2.69. The molecule has 3 aromatic rings. The third-order valence-corrected chi connectivity index (χ3v) is 15.5. The van der Waals surface area contributed by atoms with Crippen LogP contribution in [0.15, 0.2) is 72.8 Å². The second-order valence-electron chi connectivity index (χ2n) is 7.48. The fourth-order valence-electron chi connectivity index (χ4n) is 3.48. The third-order valence-electron chi connectivity index (χ3n) is 4.81. The van der Waals surface area contributed by atoms with Gasteiger partial charge in [0.1, 0.15) is 0 Å². The Morgan fingerprint density at radius 3 is 0.929 bits per heavy atom. The zero-order valence-corrected chi connectivity index (χ0v) is 22.3. The second-order valence-corrected chi connectivity index (χ2v) is 18.7. The first kappa shape index (κ1) is 22.2. The van der Waals surface area contributed by atoms with Crippen molar-refractivity contribution in [2.75, 3.05) is 40.0 Å². The Kier molecular flexibility index (Phi) is 7.94. The molecule has 0 aliphatic heterocycles. The van der Waals surface area contributed by atoms with Crippen LogP contribution in [0.1, 0.15) is 0 Å². The molecule has 0 radical (unpaired) electrons. The predicted octanol–water partition coefficient (Wildman–Crippen LogP) is 3.30.